The molecule has 1 atom stereocenters. The molecule has 8 heteroatoms. The molecule has 3 rings (SSSR count). The van der Waals surface area contributed by atoms with Crippen LogP contribution in [0.4, 0.5) is 15.9 Å². The summed E-state index contributed by atoms with van der Waals surface area (Å²) in [6.07, 6.45) is 2.40. The summed E-state index contributed by atoms with van der Waals surface area (Å²) in [5.74, 6) is -0.347. The second kappa shape index (κ2) is 9.62. The fourth-order valence-electron chi connectivity index (χ4n) is 2.58. The third-order valence-electron chi connectivity index (χ3n) is 4.15. The molecule has 0 aliphatic rings. The molecule has 0 radical (unpaired) electrons. The predicted molar refractivity (Wildman–Crippen MR) is 115 cm³/mol. The maximum atomic E-state index is 13.2. The maximum absolute atomic E-state index is 13.2. The van der Waals surface area contributed by atoms with Gasteiger partial charge in [-0.1, -0.05) is 42.8 Å². The summed E-state index contributed by atoms with van der Waals surface area (Å²) in [6, 6.07) is 14.9. The van der Waals surface area contributed by atoms with Crippen LogP contribution in [-0.2, 0) is 23.2 Å². The van der Waals surface area contributed by atoms with E-state index in [0.29, 0.717) is 22.8 Å². The van der Waals surface area contributed by atoms with Crippen LogP contribution < -0.4 is 10.0 Å². The monoisotopic (exact) mass is 431 g/mol. The number of hydrogen-bond acceptors (Lipinski definition) is 3. The Morgan fingerprint density at radius 3 is 2.52 bits per heavy atom. The van der Waals surface area contributed by atoms with Crippen LogP contribution in [0.2, 0.25) is 5.02 Å². The largest absolute Gasteiger partial charge is 0.322 e. The molecular formula is C21H19ClFN3O2S. The fourth-order valence-corrected chi connectivity index (χ4v) is 3.67. The summed E-state index contributed by atoms with van der Waals surface area (Å²) in [5.41, 5.74) is 2.84. The zero-order valence-electron chi connectivity index (χ0n) is 15.6. The second-order valence-corrected chi connectivity index (χ2v) is 7.87. The van der Waals surface area contributed by atoms with E-state index in [0.717, 1.165) is 12.0 Å². The van der Waals surface area contributed by atoms with Gasteiger partial charge < -0.3 is 5.32 Å². The Morgan fingerprint density at radius 1 is 1.10 bits per heavy atom. The van der Waals surface area contributed by atoms with Gasteiger partial charge in [0, 0.05) is 17.4 Å². The molecule has 0 saturated carbocycles. The van der Waals surface area contributed by atoms with Crippen molar-refractivity contribution in [2.45, 2.75) is 19.1 Å². The number of nitrogens with one attached hydrogen (secondary N) is 2. The van der Waals surface area contributed by atoms with Gasteiger partial charge in [0.15, 0.2) is 0 Å². The Bertz CT molecular complexity index is 1040. The van der Waals surface area contributed by atoms with Crippen LogP contribution >= 0.6 is 11.6 Å². The number of anilines is 2. The molecule has 0 fully saturated rings. The summed E-state index contributed by atoms with van der Waals surface area (Å²) >= 11 is 5.73. The maximum Gasteiger partial charge on any atom is 0.255 e. The molecule has 1 aromatic heterocycles. The number of amides is 1. The van der Waals surface area contributed by atoms with E-state index >= 15 is 0 Å². The molecule has 29 heavy (non-hydrogen) atoms. The van der Waals surface area contributed by atoms with Gasteiger partial charge in [-0.25, -0.2) is 13.6 Å². The highest BCUT2D eigenvalue weighted by Gasteiger charge is 2.10. The molecule has 0 bridgehead atoms. The molecule has 2 N–H and O–H groups in total. The number of carbonyl (C=O) groups excluding carboxylic acids is 1. The van der Waals surface area contributed by atoms with Crippen LogP contribution in [-0.4, -0.2) is 15.1 Å². The quantitative estimate of drug-likeness (QED) is 0.555. The Morgan fingerprint density at radius 2 is 1.83 bits per heavy atom. The molecule has 0 saturated heterocycles. The third-order valence-corrected chi connectivity index (χ3v) is 5.47. The number of aryl methyl sites for hydroxylation is 1. The van der Waals surface area contributed by atoms with Crippen LogP contribution in [0.1, 0.15) is 28.4 Å². The highest BCUT2D eigenvalue weighted by Crippen LogP contribution is 2.20. The summed E-state index contributed by atoms with van der Waals surface area (Å²) < 4.78 is 28.4. The van der Waals surface area contributed by atoms with Crippen molar-refractivity contribution in [3.05, 3.63) is 88.3 Å². The normalized spacial score (nSPS) is 11.7. The number of halogens is 2. The number of aromatic nitrogens is 1. The average Bonchev–Trinajstić information content (AvgIpc) is 2.71. The first kappa shape index (κ1) is 21.0. The highest BCUT2D eigenvalue weighted by molar-refractivity contribution is 7.85. The van der Waals surface area contributed by atoms with Crippen LogP contribution in [0, 0.1) is 5.82 Å². The van der Waals surface area contributed by atoms with E-state index in [1.165, 1.54) is 42.1 Å². The van der Waals surface area contributed by atoms with Crippen LogP contribution in [0.3, 0.4) is 0 Å². The molecule has 0 spiro atoms. The van der Waals surface area contributed by atoms with E-state index in [1.54, 1.807) is 0 Å². The van der Waals surface area contributed by atoms with Crippen molar-refractivity contribution in [1.82, 2.24) is 4.98 Å². The topological polar surface area (TPSA) is 71.1 Å². The minimum Gasteiger partial charge on any atom is -0.322 e. The number of nitrogens with zero attached hydrogens (tertiary/aromatic N) is 1. The van der Waals surface area contributed by atoms with Crippen molar-refractivity contribution >= 4 is 40.0 Å². The van der Waals surface area contributed by atoms with Gasteiger partial charge >= 0.3 is 0 Å². The van der Waals surface area contributed by atoms with Crippen molar-refractivity contribution < 1.29 is 13.4 Å². The van der Waals surface area contributed by atoms with Crippen LogP contribution in [0.5, 0.6) is 0 Å². The van der Waals surface area contributed by atoms with Gasteiger partial charge in [0.05, 0.1) is 10.8 Å². The summed E-state index contributed by atoms with van der Waals surface area (Å²) in [4.78, 5) is 16.5. The van der Waals surface area contributed by atoms with Gasteiger partial charge in [-0.05, 0) is 47.9 Å². The predicted octanol–water partition coefficient (Wildman–Crippen LogP) is 4.96. The summed E-state index contributed by atoms with van der Waals surface area (Å²) in [6.45, 7) is 2.08. The van der Waals surface area contributed by atoms with Gasteiger partial charge in [-0.2, -0.15) is 0 Å². The summed E-state index contributed by atoms with van der Waals surface area (Å²) in [5, 5.41) is 2.55. The van der Waals surface area contributed by atoms with E-state index in [-0.39, 0.29) is 5.02 Å². The lowest BCUT2D eigenvalue weighted by Gasteiger charge is -2.09. The van der Waals surface area contributed by atoms with Crippen molar-refractivity contribution in [3.8, 4) is 0 Å². The van der Waals surface area contributed by atoms with Gasteiger partial charge in [0.1, 0.15) is 22.6 Å². The summed E-state index contributed by atoms with van der Waals surface area (Å²) in [7, 11) is -1.40. The van der Waals surface area contributed by atoms with E-state index in [4.69, 9.17) is 11.6 Å². The number of pyridine rings is 1. The zero-order valence-corrected chi connectivity index (χ0v) is 17.2. The lowest BCUT2D eigenvalue weighted by Crippen LogP contribution is -2.14. The first-order chi connectivity index (χ1) is 13.9. The second-order valence-electron chi connectivity index (χ2n) is 6.27. The third kappa shape index (κ3) is 5.85. The Labute approximate surface area is 175 Å². The van der Waals surface area contributed by atoms with Crippen molar-refractivity contribution in [2.24, 2.45) is 0 Å². The smallest absolute Gasteiger partial charge is 0.255 e. The SMILES string of the molecule is CCc1ccc(CS(=O)Nc2cc(C(=O)Nc3ccc(F)c(Cl)c3)ccn2)cc1. The van der Waals surface area contributed by atoms with E-state index < -0.39 is 22.7 Å². The highest BCUT2D eigenvalue weighted by atomic mass is 35.5. The number of benzene rings is 2. The lowest BCUT2D eigenvalue weighted by atomic mass is 10.1. The molecule has 1 unspecified atom stereocenters. The van der Waals surface area contributed by atoms with Crippen LogP contribution in [0.15, 0.2) is 60.8 Å². The number of rotatable bonds is 7. The van der Waals surface area contributed by atoms with Gasteiger partial charge in [-0.15, -0.1) is 0 Å². The van der Waals surface area contributed by atoms with Gasteiger partial charge in [0.25, 0.3) is 5.91 Å². The van der Waals surface area contributed by atoms with Crippen molar-refractivity contribution in [1.29, 1.82) is 0 Å². The van der Waals surface area contributed by atoms with Gasteiger partial charge in [-0.3, -0.25) is 9.52 Å². The minimum absolute atomic E-state index is 0.0812. The molecule has 0 aliphatic heterocycles. The zero-order chi connectivity index (χ0) is 20.8. The molecule has 1 heterocycles. The molecule has 3 aromatic rings. The molecule has 2 aromatic carbocycles. The average molecular weight is 432 g/mol. The first-order valence-corrected chi connectivity index (χ1v) is 10.6. The molecule has 150 valence electrons. The first-order valence-electron chi connectivity index (χ1n) is 8.90. The van der Waals surface area contributed by atoms with Crippen molar-refractivity contribution in [2.75, 3.05) is 10.0 Å². The fraction of sp³-hybridized carbons (Fsp3) is 0.143. The molecule has 1 amide bonds. The standard InChI is InChI=1S/C21H19ClFN3O2S/c1-2-14-3-5-15(6-4-14)13-29(28)26-20-11-16(9-10-24-20)21(27)25-17-7-8-19(23)18(22)12-17/h3-12H,2,13H2,1H3,(H,24,26)(H,25,27). The van der Waals surface area contributed by atoms with Crippen LogP contribution in [0.25, 0.3) is 0 Å². The molecule has 5 nitrogen and oxygen atoms in total. The number of carbonyl (C=O) groups is 1. The Hall–Kier alpha value is -2.77. The van der Waals surface area contributed by atoms with E-state index in [1.807, 2.05) is 24.3 Å². The minimum atomic E-state index is -1.40. The lowest BCUT2D eigenvalue weighted by molar-refractivity contribution is 0.102. The molecular weight excluding hydrogens is 413 g/mol. The van der Waals surface area contributed by atoms with Crippen molar-refractivity contribution in [3.63, 3.8) is 0 Å². The Balaban J connectivity index is 1.64. The Kier molecular flexibility index (Phi) is 6.95. The van der Waals surface area contributed by atoms with E-state index in [2.05, 4.69) is 21.9 Å². The molecule has 0 aliphatic carbocycles. The van der Waals surface area contributed by atoms with E-state index in [9.17, 15) is 13.4 Å². The number of hydrogen-bond donors (Lipinski definition) is 2. The van der Waals surface area contributed by atoms with Gasteiger partial charge in [0.2, 0.25) is 0 Å².